The molecule has 0 saturated heterocycles. The van der Waals surface area contributed by atoms with Crippen LogP contribution in [0.25, 0.3) is 0 Å². The van der Waals surface area contributed by atoms with Gasteiger partial charge in [-0.3, -0.25) is 0 Å². The molecule has 1 nitrogen and oxygen atoms in total. The fraction of sp³-hybridized carbons (Fsp3) is 1.00. The van der Waals surface area contributed by atoms with Crippen molar-refractivity contribution >= 4 is 0 Å². The summed E-state index contributed by atoms with van der Waals surface area (Å²) in [6.07, 6.45) is 10.6. The summed E-state index contributed by atoms with van der Waals surface area (Å²) < 4.78 is 43.6. The maximum absolute atomic E-state index is 12.5. The van der Waals surface area contributed by atoms with E-state index in [0.29, 0.717) is 12.0 Å². The summed E-state index contributed by atoms with van der Waals surface area (Å²) in [5.74, 6) is 1.28. The van der Waals surface area contributed by atoms with Crippen LogP contribution < -0.4 is 0 Å². The second-order valence-corrected chi connectivity index (χ2v) is 8.42. The van der Waals surface area contributed by atoms with E-state index in [1.54, 1.807) is 0 Å². The van der Waals surface area contributed by atoms with Gasteiger partial charge in [0.05, 0.1) is 6.10 Å². The van der Waals surface area contributed by atoms with E-state index < -0.39 is 12.6 Å². The molecule has 25 heavy (non-hydrogen) atoms. The number of halogens is 3. The van der Waals surface area contributed by atoms with E-state index in [-0.39, 0.29) is 5.92 Å². The maximum Gasteiger partial charge on any atom is 0.389 e. The van der Waals surface area contributed by atoms with Gasteiger partial charge in [-0.2, -0.15) is 13.2 Å². The standard InChI is InChI=1S/C21H37F3O/c1-2-3-4-5-6-15-25-20-13-11-19(12-14-20)18-9-7-17(8-10-18)16-21(22,23)24/h17-20H,2-16H2,1H3. The Morgan fingerprint density at radius 3 is 1.88 bits per heavy atom. The van der Waals surface area contributed by atoms with E-state index in [4.69, 9.17) is 4.74 Å². The highest BCUT2D eigenvalue weighted by Gasteiger charge is 2.36. The second-order valence-electron chi connectivity index (χ2n) is 8.42. The zero-order valence-electron chi connectivity index (χ0n) is 16.0. The van der Waals surface area contributed by atoms with Gasteiger partial charge in [0.2, 0.25) is 0 Å². The lowest BCUT2D eigenvalue weighted by Crippen LogP contribution is -2.29. The summed E-state index contributed by atoms with van der Waals surface area (Å²) in [4.78, 5) is 0. The van der Waals surface area contributed by atoms with Crippen LogP contribution in [0.3, 0.4) is 0 Å². The fourth-order valence-corrected chi connectivity index (χ4v) is 4.87. The number of unbranched alkanes of at least 4 members (excludes halogenated alkanes) is 4. The van der Waals surface area contributed by atoms with Crippen molar-refractivity contribution in [1.82, 2.24) is 0 Å². The normalized spacial score (nSPS) is 31.2. The quantitative estimate of drug-likeness (QED) is 0.391. The number of ether oxygens (including phenoxy) is 1. The van der Waals surface area contributed by atoms with Crippen LogP contribution in [-0.4, -0.2) is 18.9 Å². The molecule has 2 saturated carbocycles. The highest BCUT2D eigenvalue weighted by molar-refractivity contribution is 4.83. The lowest BCUT2D eigenvalue weighted by molar-refractivity contribution is -0.147. The average Bonchev–Trinajstić information content (AvgIpc) is 2.58. The Bertz CT molecular complexity index is 340. The predicted molar refractivity (Wildman–Crippen MR) is 96.6 cm³/mol. The van der Waals surface area contributed by atoms with Crippen LogP contribution in [0.5, 0.6) is 0 Å². The molecular formula is C21H37F3O. The topological polar surface area (TPSA) is 9.23 Å². The van der Waals surface area contributed by atoms with Crippen molar-refractivity contribution in [1.29, 1.82) is 0 Å². The molecule has 2 aliphatic rings. The first-order valence-corrected chi connectivity index (χ1v) is 10.7. The van der Waals surface area contributed by atoms with Crippen LogP contribution in [-0.2, 0) is 4.74 Å². The highest BCUT2D eigenvalue weighted by Crippen LogP contribution is 2.43. The molecular weight excluding hydrogens is 325 g/mol. The Morgan fingerprint density at radius 1 is 0.760 bits per heavy atom. The molecule has 0 radical (unpaired) electrons. The molecule has 0 amide bonds. The van der Waals surface area contributed by atoms with Crippen LogP contribution in [0.4, 0.5) is 13.2 Å². The fourth-order valence-electron chi connectivity index (χ4n) is 4.87. The molecule has 2 aliphatic carbocycles. The van der Waals surface area contributed by atoms with E-state index in [2.05, 4.69) is 6.92 Å². The van der Waals surface area contributed by atoms with Gasteiger partial charge in [0.25, 0.3) is 0 Å². The van der Waals surface area contributed by atoms with Gasteiger partial charge >= 0.3 is 6.18 Å². The Labute approximate surface area is 152 Å². The smallest absolute Gasteiger partial charge is 0.378 e. The van der Waals surface area contributed by atoms with Crippen molar-refractivity contribution in [2.24, 2.45) is 17.8 Å². The predicted octanol–water partition coefficient (Wildman–Crippen LogP) is 7.29. The lowest BCUT2D eigenvalue weighted by Gasteiger charge is -2.38. The molecule has 2 rings (SSSR count). The second kappa shape index (κ2) is 10.8. The summed E-state index contributed by atoms with van der Waals surface area (Å²) in [5.41, 5.74) is 0. The first kappa shape index (κ1) is 21.1. The molecule has 0 aromatic rings. The third-order valence-electron chi connectivity index (χ3n) is 6.40. The van der Waals surface area contributed by atoms with E-state index in [1.807, 2.05) is 0 Å². The SMILES string of the molecule is CCCCCCCOC1CCC(C2CCC(CC(F)(F)F)CC2)CC1. The molecule has 0 bridgehead atoms. The van der Waals surface area contributed by atoms with Crippen LogP contribution in [0.15, 0.2) is 0 Å². The molecule has 0 aromatic carbocycles. The molecule has 4 heteroatoms. The van der Waals surface area contributed by atoms with Gasteiger partial charge in [-0.1, -0.05) is 32.6 Å². The van der Waals surface area contributed by atoms with Crippen molar-refractivity contribution in [3.05, 3.63) is 0 Å². The lowest BCUT2D eigenvalue weighted by atomic mass is 9.70. The summed E-state index contributed by atoms with van der Waals surface area (Å²) in [6, 6.07) is 0. The van der Waals surface area contributed by atoms with Crippen molar-refractivity contribution in [3.63, 3.8) is 0 Å². The van der Waals surface area contributed by atoms with Crippen LogP contribution in [0.1, 0.15) is 96.8 Å². The van der Waals surface area contributed by atoms with Crippen molar-refractivity contribution in [2.45, 2.75) is 109 Å². The maximum atomic E-state index is 12.5. The van der Waals surface area contributed by atoms with Crippen molar-refractivity contribution in [2.75, 3.05) is 6.61 Å². The summed E-state index contributed by atoms with van der Waals surface area (Å²) in [6.45, 7) is 3.14. The van der Waals surface area contributed by atoms with Crippen molar-refractivity contribution in [3.8, 4) is 0 Å². The minimum atomic E-state index is -3.98. The molecule has 0 atom stereocenters. The molecule has 0 aliphatic heterocycles. The first-order valence-electron chi connectivity index (χ1n) is 10.7. The summed E-state index contributed by atoms with van der Waals surface area (Å²) in [5, 5.41) is 0. The highest BCUT2D eigenvalue weighted by atomic mass is 19.4. The molecule has 0 spiro atoms. The first-order chi connectivity index (χ1) is 12.0. The summed E-state index contributed by atoms with van der Waals surface area (Å²) in [7, 11) is 0. The van der Waals surface area contributed by atoms with E-state index in [1.165, 1.54) is 44.9 Å². The molecule has 0 heterocycles. The van der Waals surface area contributed by atoms with E-state index >= 15 is 0 Å². The molecule has 148 valence electrons. The number of rotatable bonds is 9. The summed E-state index contributed by atoms with van der Waals surface area (Å²) >= 11 is 0. The number of hydrogen-bond donors (Lipinski definition) is 0. The Morgan fingerprint density at radius 2 is 1.32 bits per heavy atom. The Hall–Kier alpha value is -0.250. The van der Waals surface area contributed by atoms with E-state index in [9.17, 15) is 13.2 Å². The zero-order chi connectivity index (χ0) is 18.1. The minimum Gasteiger partial charge on any atom is -0.378 e. The van der Waals surface area contributed by atoms with Gasteiger partial charge in [-0.25, -0.2) is 0 Å². The zero-order valence-corrected chi connectivity index (χ0v) is 16.0. The Balaban J connectivity index is 1.55. The largest absolute Gasteiger partial charge is 0.389 e. The third kappa shape index (κ3) is 8.32. The van der Waals surface area contributed by atoms with Crippen molar-refractivity contribution < 1.29 is 17.9 Å². The average molecular weight is 363 g/mol. The molecule has 0 N–H and O–H groups in total. The number of hydrogen-bond acceptors (Lipinski definition) is 1. The number of alkyl halides is 3. The molecule has 0 unspecified atom stereocenters. The van der Waals surface area contributed by atoms with Crippen LogP contribution in [0, 0.1) is 17.8 Å². The van der Waals surface area contributed by atoms with Gasteiger partial charge in [-0.15, -0.1) is 0 Å². The third-order valence-corrected chi connectivity index (χ3v) is 6.40. The van der Waals surface area contributed by atoms with Gasteiger partial charge in [-0.05, 0) is 75.5 Å². The van der Waals surface area contributed by atoms with Gasteiger partial charge < -0.3 is 4.74 Å². The van der Waals surface area contributed by atoms with E-state index in [0.717, 1.165) is 51.0 Å². The van der Waals surface area contributed by atoms with Crippen LogP contribution in [0.2, 0.25) is 0 Å². The monoisotopic (exact) mass is 362 g/mol. The van der Waals surface area contributed by atoms with Crippen LogP contribution >= 0.6 is 0 Å². The Kier molecular flexibility index (Phi) is 9.09. The van der Waals surface area contributed by atoms with Gasteiger partial charge in [0.1, 0.15) is 0 Å². The molecule has 0 aromatic heterocycles. The van der Waals surface area contributed by atoms with Gasteiger partial charge in [0.15, 0.2) is 0 Å². The minimum absolute atomic E-state index is 0.122. The molecule has 2 fully saturated rings. The van der Waals surface area contributed by atoms with Gasteiger partial charge in [0, 0.05) is 13.0 Å².